The Balaban J connectivity index is 3.78. The lowest BCUT2D eigenvalue weighted by Crippen LogP contribution is -2.26. The number of ether oxygens (including phenoxy) is 1. The van der Waals surface area contributed by atoms with E-state index in [0.29, 0.717) is 0 Å². The molecule has 4 nitrogen and oxygen atoms in total. The van der Waals surface area contributed by atoms with Gasteiger partial charge in [0.2, 0.25) is 0 Å². The summed E-state index contributed by atoms with van der Waals surface area (Å²) in [5.41, 5.74) is -0.551. The number of carbonyl (C=O) groups excluding carboxylic acids is 1. The molecule has 0 radical (unpaired) electrons. The molecule has 0 aliphatic heterocycles. The van der Waals surface area contributed by atoms with Gasteiger partial charge >= 0.3 is 6.16 Å². The number of hydrogen-bond acceptors (Lipinski definition) is 4. The molecule has 0 amide bonds. The molecule has 4 heteroatoms. The number of unbranched alkanes of at least 4 members (excludes halogenated alkanes) is 2. The molecule has 0 aromatic rings. The van der Waals surface area contributed by atoms with Crippen molar-refractivity contribution in [3.05, 3.63) is 0 Å². The fourth-order valence-corrected chi connectivity index (χ4v) is 1.32. The third kappa shape index (κ3) is 10.1. The van der Waals surface area contributed by atoms with Gasteiger partial charge in [-0.15, -0.1) is 0 Å². The highest BCUT2D eigenvalue weighted by Gasteiger charge is 2.19. The van der Waals surface area contributed by atoms with Crippen molar-refractivity contribution in [1.29, 1.82) is 0 Å². The predicted molar refractivity (Wildman–Crippen MR) is 66.6 cm³/mol. The molecule has 17 heavy (non-hydrogen) atoms. The van der Waals surface area contributed by atoms with Crippen molar-refractivity contribution >= 4 is 6.16 Å². The smallest absolute Gasteiger partial charge is 0.427 e. The van der Waals surface area contributed by atoms with E-state index >= 15 is 0 Å². The second-order valence-corrected chi connectivity index (χ2v) is 5.17. The van der Waals surface area contributed by atoms with Crippen LogP contribution in [0.4, 0.5) is 4.79 Å². The Hall–Kier alpha value is -0.770. The maximum absolute atomic E-state index is 11.2. The normalized spacial score (nSPS) is 13.2. The molecule has 0 aromatic heterocycles. The standard InChI is InChI=1S/C13H26O4/c1-6-8-9-10-11(7-2)16-17-12(14)15-13(3,4)5/h11H,6-10H2,1-5H3. The Morgan fingerprint density at radius 3 is 2.29 bits per heavy atom. The monoisotopic (exact) mass is 246 g/mol. The average molecular weight is 246 g/mol. The first-order chi connectivity index (χ1) is 7.89. The minimum absolute atomic E-state index is 0.0333. The molecule has 1 unspecified atom stereocenters. The molecule has 0 bridgehead atoms. The van der Waals surface area contributed by atoms with Gasteiger partial charge in [0.1, 0.15) is 11.7 Å². The van der Waals surface area contributed by atoms with E-state index in [0.717, 1.165) is 19.3 Å². The van der Waals surface area contributed by atoms with Gasteiger partial charge in [0.15, 0.2) is 0 Å². The van der Waals surface area contributed by atoms with Crippen LogP contribution in [0.3, 0.4) is 0 Å². The van der Waals surface area contributed by atoms with Gasteiger partial charge in [0.05, 0.1) is 0 Å². The quantitative estimate of drug-likeness (QED) is 0.292. The highest BCUT2D eigenvalue weighted by molar-refractivity contribution is 5.59. The fraction of sp³-hybridized carbons (Fsp3) is 0.923. The van der Waals surface area contributed by atoms with E-state index in [9.17, 15) is 4.79 Å². The maximum Gasteiger partial charge on any atom is 0.540 e. The summed E-state index contributed by atoms with van der Waals surface area (Å²) < 4.78 is 4.97. The Morgan fingerprint density at radius 1 is 1.18 bits per heavy atom. The zero-order valence-electron chi connectivity index (χ0n) is 11.7. The van der Waals surface area contributed by atoms with E-state index in [2.05, 4.69) is 11.8 Å². The van der Waals surface area contributed by atoms with Crippen molar-refractivity contribution in [1.82, 2.24) is 0 Å². The minimum Gasteiger partial charge on any atom is -0.427 e. The van der Waals surface area contributed by atoms with Gasteiger partial charge in [0, 0.05) is 0 Å². The summed E-state index contributed by atoms with van der Waals surface area (Å²) in [5, 5.41) is 0. The molecule has 0 fully saturated rings. The van der Waals surface area contributed by atoms with Crippen LogP contribution in [0.25, 0.3) is 0 Å². The third-order valence-electron chi connectivity index (χ3n) is 2.23. The van der Waals surface area contributed by atoms with E-state index in [1.807, 2.05) is 6.92 Å². The van der Waals surface area contributed by atoms with Crippen LogP contribution >= 0.6 is 0 Å². The first-order valence-corrected chi connectivity index (χ1v) is 6.45. The maximum atomic E-state index is 11.2. The van der Waals surface area contributed by atoms with Crippen LogP contribution in [0, 0.1) is 0 Å². The van der Waals surface area contributed by atoms with E-state index < -0.39 is 11.8 Å². The average Bonchev–Trinajstić information content (AvgIpc) is 2.20. The molecule has 0 aliphatic rings. The van der Waals surface area contributed by atoms with E-state index in [-0.39, 0.29) is 6.10 Å². The van der Waals surface area contributed by atoms with Gasteiger partial charge in [0.25, 0.3) is 0 Å². The number of carbonyl (C=O) groups is 1. The summed E-state index contributed by atoms with van der Waals surface area (Å²) in [4.78, 5) is 21.0. The molecule has 0 N–H and O–H groups in total. The molecule has 0 saturated carbocycles. The summed E-state index contributed by atoms with van der Waals surface area (Å²) in [7, 11) is 0. The molecular formula is C13H26O4. The molecule has 1 atom stereocenters. The van der Waals surface area contributed by atoms with Gasteiger partial charge in [-0.1, -0.05) is 33.1 Å². The second-order valence-electron chi connectivity index (χ2n) is 5.17. The lowest BCUT2D eigenvalue weighted by molar-refractivity contribution is -0.292. The van der Waals surface area contributed by atoms with Crippen molar-refractivity contribution < 1.29 is 19.3 Å². The Morgan fingerprint density at radius 2 is 1.82 bits per heavy atom. The molecule has 0 spiro atoms. The van der Waals surface area contributed by atoms with Crippen LogP contribution in [0.1, 0.15) is 66.7 Å². The summed E-state index contributed by atoms with van der Waals surface area (Å²) in [5.74, 6) is 0. The first-order valence-electron chi connectivity index (χ1n) is 6.45. The van der Waals surface area contributed by atoms with Crippen LogP contribution in [-0.4, -0.2) is 17.9 Å². The zero-order chi connectivity index (χ0) is 13.3. The van der Waals surface area contributed by atoms with Crippen molar-refractivity contribution in [2.75, 3.05) is 0 Å². The van der Waals surface area contributed by atoms with Gasteiger partial charge in [-0.25, -0.2) is 4.79 Å². The molecule has 102 valence electrons. The summed E-state index contributed by atoms with van der Waals surface area (Å²) in [6.45, 7) is 9.51. The Kier molecular flexibility index (Phi) is 7.96. The third-order valence-corrected chi connectivity index (χ3v) is 2.23. The number of rotatable bonds is 7. The van der Waals surface area contributed by atoms with Crippen molar-refractivity contribution in [2.45, 2.75) is 78.4 Å². The highest BCUT2D eigenvalue weighted by atomic mass is 17.2. The molecule has 0 aliphatic carbocycles. The number of hydrogen-bond donors (Lipinski definition) is 0. The van der Waals surface area contributed by atoms with Crippen LogP contribution in [0.5, 0.6) is 0 Å². The van der Waals surface area contributed by atoms with Crippen LogP contribution < -0.4 is 0 Å². The first kappa shape index (κ1) is 16.2. The SMILES string of the molecule is CCCCCC(CC)OOC(=O)OC(C)(C)C. The molecular weight excluding hydrogens is 220 g/mol. The van der Waals surface area contributed by atoms with E-state index in [1.54, 1.807) is 20.8 Å². The summed E-state index contributed by atoms with van der Waals surface area (Å²) >= 11 is 0. The van der Waals surface area contributed by atoms with Crippen LogP contribution in [0.2, 0.25) is 0 Å². The highest BCUT2D eigenvalue weighted by Crippen LogP contribution is 2.12. The van der Waals surface area contributed by atoms with Crippen molar-refractivity contribution in [3.8, 4) is 0 Å². The largest absolute Gasteiger partial charge is 0.540 e. The lowest BCUT2D eigenvalue weighted by atomic mass is 10.1. The fourth-order valence-electron chi connectivity index (χ4n) is 1.32. The van der Waals surface area contributed by atoms with Crippen molar-refractivity contribution in [3.63, 3.8) is 0 Å². The van der Waals surface area contributed by atoms with Crippen molar-refractivity contribution in [2.24, 2.45) is 0 Å². The Bertz CT molecular complexity index is 208. The van der Waals surface area contributed by atoms with Gasteiger partial charge in [-0.05, 0) is 33.6 Å². The lowest BCUT2D eigenvalue weighted by Gasteiger charge is -2.19. The van der Waals surface area contributed by atoms with E-state index in [1.165, 1.54) is 12.8 Å². The summed E-state index contributed by atoms with van der Waals surface area (Å²) in [6.07, 6.45) is 4.36. The van der Waals surface area contributed by atoms with Gasteiger partial charge in [-0.3, -0.25) is 4.89 Å². The minimum atomic E-state index is -0.772. The molecule has 0 heterocycles. The van der Waals surface area contributed by atoms with Crippen LogP contribution in [0.15, 0.2) is 0 Å². The predicted octanol–water partition coefficient (Wildman–Crippen LogP) is 4.23. The van der Waals surface area contributed by atoms with E-state index in [4.69, 9.17) is 9.62 Å². The molecule has 0 rings (SSSR count). The zero-order valence-corrected chi connectivity index (χ0v) is 11.7. The van der Waals surface area contributed by atoms with Gasteiger partial charge in [-0.2, -0.15) is 4.89 Å². The summed E-state index contributed by atoms with van der Waals surface area (Å²) in [6, 6.07) is 0. The van der Waals surface area contributed by atoms with Crippen LogP contribution in [-0.2, 0) is 14.5 Å². The molecule has 0 saturated heterocycles. The Labute approximate surface area is 105 Å². The second kappa shape index (κ2) is 8.34. The molecule has 0 aromatic carbocycles. The topological polar surface area (TPSA) is 44.8 Å². The van der Waals surface area contributed by atoms with Gasteiger partial charge < -0.3 is 4.74 Å².